The van der Waals surface area contributed by atoms with Crippen molar-refractivity contribution >= 4 is 73.0 Å². The van der Waals surface area contributed by atoms with Gasteiger partial charge in [-0.05, 0) is 0 Å². The monoisotopic (exact) mass is 956 g/mol. The molecule has 0 aromatic rings. The summed E-state index contributed by atoms with van der Waals surface area (Å²) in [6.07, 6.45) is -10.2. The molecule has 10 unspecified atom stereocenters. The fourth-order valence-corrected chi connectivity index (χ4v) is 5.44. The molecule has 0 bridgehead atoms. The number of carbonyl (C=O) groups is 8. The van der Waals surface area contributed by atoms with Crippen LogP contribution >= 0.6 is 0 Å². The second-order valence-electron chi connectivity index (χ2n) is 10.8. The van der Waals surface area contributed by atoms with E-state index in [9.17, 15) is 38.4 Å². The minimum atomic E-state index is -1.15. The topological polar surface area (TPSA) is 229 Å². The predicted molar refractivity (Wildman–Crippen MR) is 168 cm³/mol. The van der Waals surface area contributed by atoms with E-state index in [0.29, 0.717) is 0 Å². The maximum atomic E-state index is 11.5. The Bertz CT molecular complexity index is 1140. The molecule has 10 atom stereocenters. The van der Waals surface area contributed by atoms with Gasteiger partial charge in [0, 0.05) is 55.4 Å². The molecule has 2 saturated heterocycles. The van der Waals surface area contributed by atoms with Crippen LogP contribution in [-0.2, 0) is 139 Å². The fourth-order valence-electron chi connectivity index (χ4n) is 4.90. The van der Waals surface area contributed by atoms with Gasteiger partial charge in [-0.1, -0.05) is 0 Å². The zero-order valence-electron chi connectivity index (χ0n) is 29.5. The molecule has 0 spiro atoms. The van der Waals surface area contributed by atoms with E-state index >= 15 is 0 Å². The maximum absolute atomic E-state index is 11.5. The van der Waals surface area contributed by atoms with Crippen LogP contribution in [0, 0.1) is 0 Å². The zero-order chi connectivity index (χ0) is 38.3. The number of carbonyl (C=O) groups excluding carboxylic acids is 8. The number of hydrogen-bond donors (Lipinski definition) is 0. The summed E-state index contributed by atoms with van der Waals surface area (Å²) in [5.41, 5.74) is 0. The largest absolute Gasteiger partial charge is 2.00 e. The van der Waals surface area contributed by atoms with Crippen LogP contribution in [0.25, 0.3) is 0 Å². The van der Waals surface area contributed by atoms with E-state index in [4.69, 9.17) is 72.6 Å². The molecule has 0 aliphatic carbocycles. The molecule has 21 heteroatoms. The molecule has 51 heavy (non-hydrogen) atoms. The van der Waals surface area contributed by atoms with Crippen LogP contribution in [0.5, 0.6) is 0 Å². The standard InChI is InChI=1S/2C15H22O9S.Hg/c2*1-7(16)20-5-11-13(21-8(2)17)15(23-10(4)19)14(22-9(3)18)12(6-25)24-11;/h2*11-15,25H,5-6H2,1-4H3;/q;;+2/p-2. The van der Waals surface area contributed by atoms with E-state index < -0.39 is 109 Å². The van der Waals surface area contributed by atoms with Crippen molar-refractivity contribution in [1.29, 1.82) is 0 Å². The van der Waals surface area contributed by atoms with Gasteiger partial charge in [0.05, 0.1) is 12.2 Å². The Hall–Kier alpha value is -2.68. The molecule has 0 aromatic heterocycles. The average molecular weight is 955 g/mol. The summed E-state index contributed by atoms with van der Waals surface area (Å²) >= 11 is 10.0. The summed E-state index contributed by atoms with van der Waals surface area (Å²) in [6, 6.07) is 0. The third-order valence-corrected chi connectivity index (χ3v) is 7.16. The Labute approximate surface area is 326 Å². The van der Waals surface area contributed by atoms with Gasteiger partial charge in [-0.2, -0.15) is 0 Å². The minimum Gasteiger partial charge on any atom is -0.790 e. The van der Waals surface area contributed by atoms with Crippen molar-refractivity contribution in [1.82, 2.24) is 0 Å². The number of ether oxygens (including phenoxy) is 10. The first-order valence-corrected chi connectivity index (χ1v) is 16.2. The molecule has 2 aliphatic heterocycles. The van der Waals surface area contributed by atoms with Crippen molar-refractivity contribution in [3.05, 3.63) is 0 Å². The van der Waals surface area contributed by atoms with Crippen LogP contribution in [0.1, 0.15) is 55.4 Å². The van der Waals surface area contributed by atoms with Gasteiger partial charge in [0.2, 0.25) is 0 Å². The van der Waals surface area contributed by atoms with E-state index in [2.05, 4.69) is 0 Å². The average Bonchev–Trinajstić information content (AvgIpc) is 2.98. The third-order valence-electron chi connectivity index (χ3n) is 6.50. The van der Waals surface area contributed by atoms with E-state index in [1.165, 1.54) is 27.7 Å². The van der Waals surface area contributed by atoms with Gasteiger partial charge in [0.1, 0.15) is 25.4 Å². The molecule has 0 amide bonds. The summed E-state index contributed by atoms with van der Waals surface area (Å²) in [4.78, 5) is 90.8. The molecule has 0 N–H and O–H groups in total. The van der Waals surface area contributed by atoms with Crippen molar-refractivity contribution < 1.29 is 113 Å². The number of esters is 8. The minimum absolute atomic E-state index is 0. The van der Waals surface area contributed by atoms with Crippen molar-refractivity contribution in [3.8, 4) is 0 Å². The molecule has 18 nitrogen and oxygen atoms in total. The van der Waals surface area contributed by atoms with E-state index in [1.54, 1.807) is 0 Å². The molecule has 2 fully saturated rings. The number of hydrogen-bond acceptors (Lipinski definition) is 20. The Morgan fingerprint density at radius 2 is 0.608 bits per heavy atom. The van der Waals surface area contributed by atoms with Crippen LogP contribution in [0.3, 0.4) is 0 Å². The Morgan fingerprint density at radius 1 is 0.392 bits per heavy atom. The molecule has 0 aromatic carbocycles. The van der Waals surface area contributed by atoms with E-state index in [1.807, 2.05) is 0 Å². The molecular formula is C30H42HgO18S2. The molecule has 2 rings (SSSR count). The van der Waals surface area contributed by atoms with Crippen LogP contribution < -0.4 is 0 Å². The molecule has 2 aliphatic rings. The van der Waals surface area contributed by atoms with Gasteiger partial charge in [0.15, 0.2) is 36.6 Å². The first kappa shape index (κ1) is 48.3. The Balaban J connectivity index is 0.000000962. The summed E-state index contributed by atoms with van der Waals surface area (Å²) in [5.74, 6) is -5.06. The quantitative estimate of drug-likeness (QED) is 0.102. The smallest absolute Gasteiger partial charge is 0.790 e. The van der Waals surface area contributed by atoms with Gasteiger partial charge in [-0.3, -0.25) is 38.4 Å². The van der Waals surface area contributed by atoms with Crippen molar-refractivity contribution in [2.75, 3.05) is 24.7 Å². The van der Waals surface area contributed by atoms with Gasteiger partial charge in [-0.15, -0.1) is 11.5 Å². The summed E-state index contributed by atoms with van der Waals surface area (Å²) in [6.45, 7) is 8.92. The van der Waals surface area contributed by atoms with E-state index in [0.717, 1.165) is 27.7 Å². The van der Waals surface area contributed by atoms with Gasteiger partial charge in [0.25, 0.3) is 0 Å². The first-order valence-electron chi connectivity index (χ1n) is 15.1. The first-order chi connectivity index (χ1) is 23.3. The van der Waals surface area contributed by atoms with E-state index in [-0.39, 0.29) is 52.4 Å². The van der Waals surface area contributed by atoms with Crippen molar-refractivity contribution in [2.45, 2.75) is 116 Å². The van der Waals surface area contributed by atoms with Crippen LogP contribution in [0.4, 0.5) is 0 Å². The maximum Gasteiger partial charge on any atom is 2.00 e. The normalized spacial score (nSPS) is 28.0. The molecule has 0 radical (unpaired) electrons. The summed E-state index contributed by atoms with van der Waals surface area (Å²) < 4.78 is 52.5. The Kier molecular flexibility index (Phi) is 22.5. The molecule has 2 heterocycles. The van der Waals surface area contributed by atoms with Gasteiger partial charge >= 0.3 is 75.4 Å². The molecule has 0 saturated carbocycles. The van der Waals surface area contributed by atoms with Crippen molar-refractivity contribution in [2.24, 2.45) is 0 Å². The van der Waals surface area contributed by atoms with Crippen molar-refractivity contribution in [3.63, 3.8) is 0 Å². The number of rotatable bonds is 12. The van der Waals surface area contributed by atoms with Crippen LogP contribution in [0.15, 0.2) is 0 Å². The summed E-state index contributed by atoms with van der Waals surface area (Å²) in [7, 11) is 0. The molecular weight excluding hydrogens is 913 g/mol. The third kappa shape index (κ3) is 17.1. The van der Waals surface area contributed by atoms with Gasteiger partial charge < -0.3 is 72.6 Å². The van der Waals surface area contributed by atoms with Crippen LogP contribution in [0.2, 0.25) is 0 Å². The predicted octanol–water partition coefficient (Wildman–Crippen LogP) is -0.685. The van der Waals surface area contributed by atoms with Crippen LogP contribution in [-0.4, -0.2) is 134 Å². The SMILES string of the molecule is CC(=O)OCC1OC(C[S-])C(OC(C)=O)C(OC(C)=O)C1OC(C)=O.CC(=O)OCC1OC(C[S-])C(OC(C)=O)C(OC(C)=O)C1OC(C)=O.[Hg+2]. The summed E-state index contributed by atoms with van der Waals surface area (Å²) in [5, 5.41) is 0. The zero-order valence-corrected chi connectivity index (χ0v) is 36.6. The fraction of sp³-hybridized carbons (Fsp3) is 0.733. The second kappa shape index (κ2) is 23.8. The van der Waals surface area contributed by atoms with Gasteiger partial charge in [-0.25, -0.2) is 0 Å². The molecule has 284 valence electrons. The second-order valence-corrected chi connectivity index (χ2v) is 11.5. The Morgan fingerprint density at radius 3 is 0.804 bits per heavy atom.